The van der Waals surface area contributed by atoms with E-state index in [2.05, 4.69) is 29.5 Å². The van der Waals surface area contributed by atoms with Gasteiger partial charge < -0.3 is 4.74 Å². The quantitative estimate of drug-likeness (QED) is 0.721. The second kappa shape index (κ2) is 8.26. The molecule has 3 rings (SSSR count). The van der Waals surface area contributed by atoms with Gasteiger partial charge in [0, 0.05) is 29.8 Å². The van der Waals surface area contributed by atoms with Gasteiger partial charge in [-0.25, -0.2) is 9.37 Å². The molecule has 2 aromatic rings. The van der Waals surface area contributed by atoms with Gasteiger partial charge in [-0.05, 0) is 45.0 Å². The minimum atomic E-state index is -0.247. The number of halogens is 1. The molecule has 0 unspecified atom stereocenters. The van der Waals surface area contributed by atoms with Crippen LogP contribution >= 0.6 is 0 Å². The Morgan fingerprint density at radius 2 is 1.96 bits per heavy atom. The molecule has 3 nitrogen and oxygen atoms in total. The summed E-state index contributed by atoms with van der Waals surface area (Å²) >= 11 is 0. The van der Waals surface area contributed by atoms with Gasteiger partial charge in [0.2, 0.25) is 5.88 Å². The monoisotopic (exact) mass is 340 g/mol. The molecule has 0 aliphatic carbocycles. The molecule has 1 aliphatic heterocycles. The molecular weight excluding hydrogens is 315 g/mol. The van der Waals surface area contributed by atoms with E-state index in [-0.39, 0.29) is 12.4 Å². The first-order valence-electron chi connectivity index (χ1n) is 8.81. The Balaban J connectivity index is 1.58. The molecule has 0 atom stereocenters. The third kappa shape index (κ3) is 4.89. The summed E-state index contributed by atoms with van der Waals surface area (Å²) in [4.78, 5) is 7.09. The van der Waals surface area contributed by atoms with Crippen LogP contribution in [0, 0.1) is 5.82 Å². The van der Waals surface area contributed by atoms with Crippen molar-refractivity contribution in [2.75, 3.05) is 19.6 Å². The van der Waals surface area contributed by atoms with Crippen molar-refractivity contribution in [3.05, 3.63) is 71.7 Å². The first kappa shape index (κ1) is 17.6. The molecule has 0 saturated carbocycles. The fourth-order valence-corrected chi connectivity index (χ4v) is 3.27. The normalized spacial score (nSPS) is 15.9. The predicted octanol–water partition coefficient (Wildman–Crippen LogP) is 4.56. The lowest BCUT2D eigenvalue weighted by Crippen LogP contribution is -2.34. The number of ether oxygens (including phenoxy) is 1. The topological polar surface area (TPSA) is 25.4 Å². The summed E-state index contributed by atoms with van der Waals surface area (Å²) in [6.45, 7) is 9.38. The molecule has 1 aromatic heterocycles. The standard InChI is InChI=1S/C21H25FN2O/c1-16(2)14-24-12-10-17(11-13-24)20-8-5-9-21(23-20)25-15-18-6-3-4-7-19(18)22/h3-9,17H,1,10-15H2,2H3. The molecule has 132 valence electrons. The van der Waals surface area contributed by atoms with E-state index in [4.69, 9.17) is 4.74 Å². The zero-order valence-electron chi connectivity index (χ0n) is 14.7. The third-order valence-corrected chi connectivity index (χ3v) is 4.58. The zero-order valence-corrected chi connectivity index (χ0v) is 14.7. The van der Waals surface area contributed by atoms with E-state index in [0.29, 0.717) is 17.4 Å². The Bertz CT molecular complexity index is 723. The molecule has 1 aromatic carbocycles. The molecule has 25 heavy (non-hydrogen) atoms. The van der Waals surface area contributed by atoms with Gasteiger partial charge >= 0.3 is 0 Å². The summed E-state index contributed by atoms with van der Waals surface area (Å²) in [6, 6.07) is 12.5. The second-order valence-corrected chi connectivity index (χ2v) is 6.79. The molecule has 0 spiro atoms. The first-order valence-corrected chi connectivity index (χ1v) is 8.81. The van der Waals surface area contributed by atoms with Gasteiger partial charge in [0.05, 0.1) is 0 Å². The molecule has 0 N–H and O–H groups in total. The van der Waals surface area contributed by atoms with Crippen molar-refractivity contribution >= 4 is 0 Å². The number of piperidine rings is 1. The maximum absolute atomic E-state index is 13.7. The van der Waals surface area contributed by atoms with Crippen molar-refractivity contribution in [1.29, 1.82) is 0 Å². The molecule has 1 saturated heterocycles. The van der Waals surface area contributed by atoms with Gasteiger partial charge in [-0.3, -0.25) is 4.90 Å². The Kier molecular flexibility index (Phi) is 5.82. The number of benzene rings is 1. The van der Waals surface area contributed by atoms with Crippen LogP contribution in [0.5, 0.6) is 5.88 Å². The van der Waals surface area contributed by atoms with Crippen molar-refractivity contribution in [3.8, 4) is 5.88 Å². The van der Waals surface area contributed by atoms with Gasteiger partial charge in [-0.2, -0.15) is 0 Å². The van der Waals surface area contributed by atoms with Crippen molar-refractivity contribution in [3.63, 3.8) is 0 Å². The van der Waals surface area contributed by atoms with Gasteiger partial charge in [0.1, 0.15) is 12.4 Å². The van der Waals surface area contributed by atoms with E-state index in [1.165, 1.54) is 11.6 Å². The first-order chi connectivity index (χ1) is 12.1. The number of hydrogen-bond donors (Lipinski definition) is 0. The van der Waals surface area contributed by atoms with E-state index in [1.807, 2.05) is 18.2 Å². The minimum absolute atomic E-state index is 0.195. The van der Waals surface area contributed by atoms with E-state index >= 15 is 0 Å². The van der Waals surface area contributed by atoms with Gasteiger partial charge in [-0.1, -0.05) is 36.4 Å². The van der Waals surface area contributed by atoms with Crippen LogP contribution in [0.2, 0.25) is 0 Å². The Morgan fingerprint density at radius 3 is 2.68 bits per heavy atom. The summed E-state index contributed by atoms with van der Waals surface area (Å²) < 4.78 is 19.4. The molecule has 1 aliphatic rings. The number of hydrogen-bond acceptors (Lipinski definition) is 3. The smallest absolute Gasteiger partial charge is 0.213 e. The number of likely N-dealkylation sites (tertiary alicyclic amines) is 1. The summed E-state index contributed by atoms with van der Waals surface area (Å²) in [6.07, 6.45) is 2.19. The van der Waals surface area contributed by atoms with Crippen LogP contribution in [-0.4, -0.2) is 29.5 Å². The number of pyridine rings is 1. The Labute approximate surface area is 149 Å². The van der Waals surface area contributed by atoms with Crippen LogP contribution in [0.25, 0.3) is 0 Å². The van der Waals surface area contributed by atoms with Crippen LogP contribution < -0.4 is 4.74 Å². The molecular formula is C21H25FN2O. The van der Waals surface area contributed by atoms with Crippen LogP contribution in [-0.2, 0) is 6.61 Å². The van der Waals surface area contributed by atoms with Crippen molar-refractivity contribution < 1.29 is 9.13 Å². The highest BCUT2D eigenvalue weighted by Crippen LogP contribution is 2.28. The molecule has 0 radical (unpaired) electrons. The van der Waals surface area contributed by atoms with E-state index in [9.17, 15) is 4.39 Å². The second-order valence-electron chi connectivity index (χ2n) is 6.79. The SMILES string of the molecule is C=C(C)CN1CCC(c2cccc(OCc3ccccc3F)n2)CC1. The highest BCUT2D eigenvalue weighted by Gasteiger charge is 2.21. The maximum atomic E-state index is 13.7. The lowest BCUT2D eigenvalue weighted by molar-refractivity contribution is 0.225. The molecule has 0 amide bonds. The van der Waals surface area contributed by atoms with Gasteiger partial charge in [-0.15, -0.1) is 0 Å². The van der Waals surface area contributed by atoms with Gasteiger partial charge in [0.15, 0.2) is 0 Å². The fourth-order valence-electron chi connectivity index (χ4n) is 3.27. The largest absolute Gasteiger partial charge is 0.473 e. The molecule has 4 heteroatoms. The number of aromatic nitrogens is 1. The van der Waals surface area contributed by atoms with Crippen molar-refractivity contribution in [1.82, 2.24) is 9.88 Å². The average molecular weight is 340 g/mol. The summed E-state index contributed by atoms with van der Waals surface area (Å²) in [5.41, 5.74) is 2.82. The van der Waals surface area contributed by atoms with Crippen LogP contribution in [0.1, 0.15) is 36.9 Å². The van der Waals surface area contributed by atoms with Crippen molar-refractivity contribution in [2.24, 2.45) is 0 Å². The summed E-state index contributed by atoms with van der Waals surface area (Å²) in [7, 11) is 0. The lowest BCUT2D eigenvalue weighted by Gasteiger charge is -2.31. The Hall–Kier alpha value is -2.20. The third-order valence-electron chi connectivity index (χ3n) is 4.58. The van der Waals surface area contributed by atoms with E-state index < -0.39 is 0 Å². The average Bonchev–Trinajstić information content (AvgIpc) is 2.61. The fraction of sp³-hybridized carbons (Fsp3) is 0.381. The van der Waals surface area contributed by atoms with E-state index in [1.54, 1.807) is 12.1 Å². The van der Waals surface area contributed by atoms with Gasteiger partial charge in [0.25, 0.3) is 0 Å². The van der Waals surface area contributed by atoms with Crippen LogP contribution in [0.4, 0.5) is 4.39 Å². The number of nitrogens with zero attached hydrogens (tertiary/aromatic N) is 2. The Morgan fingerprint density at radius 1 is 1.20 bits per heavy atom. The van der Waals surface area contributed by atoms with E-state index in [0.717, 1.165) is 38.2 Å². The lowest BCUT2D eigenvalue weighted by atomic mass is 9.93. The summed E-state index contributed by atoms with van der Waals surface area (Å²) in [5, 5.41) is 0. The highest BCUT2D eigenvalue weighted by atomic mass is 19.1. The minimum Gasteiger partial charge on any atom is -0.473 e. The van der Waals surface area contributed by atoms with Crippen LogP contribution in [0.3, 0.4) is 0 Å². The maximum Gasteiger partial charge on any atom is 0.213 e. The highest BCUT2D eigenvalue weighted by molar-refractivity contribution is 5.21. The van der Waals surface area contributed by atoms with Crippen LogP contribution in [0.15, 0.2) is 54.6 Å². The molecule has 0 bridgehead atoms. The molecule has 1 fully saturated rings. The number of rotatable bonds is 6. The van der Waals surface area contributed by atoms with Crippen molar-refractivity contribution in [2.45, 2.75) is 32.3 Å². The predicted molar refractivity (Wildman–Crippen MR) is 98.2 cm³/mol. The zero-order chi connectivity index (χ0) is 17.6. The molecule has 2 heterocycles. The summed E-state index contributed by atoms with van der Waals surface area (Å²) in [5.74, 6) is 0.770.